The van der Waals surface area contributed by atoms with Gasteiger partial charge in [0.2, 0.25) is 1.43 Å². The number of aliphatic hydroxyl groups excluding tert-OH is 1. The molecule has 1 aliphatic rings. The van der Waals surface area contributed by atoms with Gasteiger partial charge in [0.15, 0.2) is 0 Å². The number of rotatable bonds is 2. The second-order valence-electron chi connectivity index (χ2n) is 5.13. The fourth-order valence-corrected chi connectivity index (χ4v) is 2.41. The molecule has 1 atom stereocenters. The maximum Gasteiger partial charge on any atom is 0.488 e. The lowest BCUT2D eigenvalue weighted by atomic mass is 9.69. The van der Waals surface area contributed by atoms with Gasteiger partial charge >= 0.3 is 7.12 Å². The van der Waals surface area contributed by atoms with Gasteiger partial charge in [0.25, 0.3) is 0 Å². The van der Waals surface area contributed by atoms with Gasteiger partial charge in [0, 0.05) is 0 Å². The molecule has 3 N–H and O–H groups in total. The van der Waals surface area contributed by atoms with E-state index in [1.807, 2.05) is 6.07 Å². The largest absolute Gasteiger partial charge is 0.488 e. The summed E-state index contributed by atoms with van der Waals surface area (Å²) in [6.45, 7) is 4.31. The van der Waals surface area contributed by atoms with Gasteiger partial charge in [0.1, 0.15) is 0 Å². The first kappa shape index (κ1) is 10.3. The Balaban J connectivity index is 2.51. The highest BCUT2D eigenvalue weighted by Crippen LogP contribution is 2.40. The molecule has 2 rings (SSSR count). The lowest BCUT2D eigenvalue weighted by Gasteiger charge is -2.35. The quantitative estimate of drug-likeness (QED) is 0.637. The van der Waals surface area contributed by atoms with Crippen LogP contribution in [0.5, 0.6) is 0 Å². The molecule has 0 fully saturated rings. The van der Waals surface area contributed by atoms with Gasteiger partial charge in [0.05, 0.1) is 6.10 Å². The smallest absolute Gasteiger partial charge is 0.423 e. The Kier molecular flexibility index (Phi) is 2.50. The van der Waals surface area contributed by atoms with E-state index in [1.54, 1.807) is 12.1 Å². The molecular weight excluding hydrogens is 203 g/mol. The number of benzene rings is 1. The van der Waals surface area contributed by atoms with Crippen molar-refractivity contribution in [3.05, 3.63) is 29.3 Å². The van der Waals surface area contributed by atoms with Crippen LogP contribution in [0.1, 0.15) is 43.9 Å². The highest BCUT2D eigenvalue weighted by molar-refractivity contribution is 6.58. The number of fused-ring (bicyclic) bond motifs is 1. The van der Waals surface area contributed by atoms with Gasteiger partial charge in [-0.2, -0.15) is 0 Å². The minimum absolute atomic E-state index is 0.0449. The predicted molar refractivity (Wildman–Crippen MR) is 63.5 cm³/mol. The van der Waals surface area contributed by atoms with E-state index in [0.29, 0.717) is 5.46 Å². The summed E-state index contributed by atoms with van der Waals surface area (Å²) in [5.41, 5.74) is 2.53. The number of aliphatic hydroxyl groups is 1. The zero-order valence-electron chi connectivity index (χ0n) is 10.6. The third-order valence-electron chi connectivity index (χ3n) is 3.48. The Morgan fingerprint density at radius 1 is 1.44 bits per heavy atom. The molecule has 0 aromatic heterocycles. The fourth-order valence-electron chi connectivity index (χ4n) is 2.41. The average molecular weight is 222 g/mol. The summed E-state index contributed by atoms with van der Waals surface area (Å²) in [5, 5.41) is 23.1. The van der Waals surface area contributed by atoms with E-state index in [0.717, 1.165) is 24.0 Å². The fraction of sp³-hybridized carbons (Fsp3) is 0.500. The van der Waals surface area contributed by atoms with Crippen molar-refractivity contribution in [3.63, 3.8) is 0 Å². The second-order valence-corrected chi connectivity index (χ2v) is 5.13. The highest BCUT2D eigenvalue weighted by atomic mass is 16.4. The molecule has 0 saturated heterocycles. The van der Waals surface area contributed by atoms with Crippen molar-refractivity contribution < 1.29 is 15.2 Å². The van der Waals surface area contributed by atoms with E-state index in [4.69, 9.17) is 6.54 Å². The SMILES string of the molecule is [3H]OC1CCC(C)(C)c2ccc(B(O)O)cc21. The van der Waals surface area contributed by atoms with Gasteiger partial charge in [-0.05, 0) is 34.8 Å². The summed E-state index contributed by atoms with van der Waals surface area (Å²) in [7, 11) is -1.48. The van der Waals surface area contributed by atoms with Crippen LogP contribution in [0.4, 0.5) is 0 Å². The van der Waals surface area contributed by atoms with Crippen LogP contribution >= 0.6 is 0 Å². The molecule has 0 aliphatic heterocycles. The van der Waals surface area contributed by atoms with E-state index in [1.165, 1.54) is 0 Å². The van der Waals surface area contributed by atoms with Crippen molar-refractivity contribution in [2.45, 2.75) is 38.2 Å². The molecule has 86 valence electrons. The molecule has 4 heteroatoms. The van der Waals surface area contributed by atoms with Crippen molar-refractivity contribution in [2.24, 2.45) is 0 Å². The molecule has 0 amide bonds. The van der Waals surface area contributed by atoms with Crippen LogP contribution in [-0.4, -0.2) is 23.7 Å². The summed E-state index contributed by atoms with van der Waals surface area (Å²) in [5.74, 6) is 0. The summed E-state index contributed by atoms with van der Waals surface area (Å²) in [6, 6.07) is 5.37. The standard InChI is InChI=1S/C12H17BO3/c1-12(2)6-5-11(14)9-7-8(13(15)16)3-4-10(9)12/h3-4,7,11,14-16H,5-6H2,1-2H3/i14T. The molecule has 1 aliphatic carbocycles. The molecule has 0 radical (unpaired) electrons. The Labute approximate surface area is 97.4 Å². The zero-order valence-corrected chi connectivity index (χ0v) is 9.60. The van der Waals surface area contributed by atoms with Crippen molar-refractivity contribution in [2.75, 3.05) is 0 Å². The first-order valence-corrected chi connectivity index (χ1v) is 5.58. The molecule has 1 aromatic carbocycles. The van der Waals surface area contributed by atoms with Crippen molar-refractivity contribution >= 4 is 12.6 Å². The van der Waals surface area contributed by atoms with E-state index in [2.05, 4.69) is 13.8 Å². The van der Waals surface area contributed by atoms with Gasteiger partial charge in [-0.1, -0.05) is 32.0 Å². The third-order valence-corrected chi connectivity index (χ3v) is 3.48. The van der Waals surface area contributed by atoms with E-state index < -0.39 is 7.12 Å². The Morgan fingerprint density at radius 3 is 2.81 bits per heavy atom. The third kappa shape index (κ3) is 1.88. The van der Waals surface area contributed by atoms with Crippen LogP contribution in [0.25, 0.3) is 0 Å². The molecule has 16 heavy (non-hydrogen) atoms. The van der Waals surface area contributed by atoms with Crippen LogP contribution < -0.4 is 5.46 Å². The Hall–Kier alpha value is -0.835. The monoisotopic (exact) mass is 222 g/mol. The van der Waals surface area contributed by atoms with Crippen LogP contribution in [0.2, 0.25) is 0 Å². The topological polar surface area (TPSA) is 60.7 Å². The summed E-state index contributed by atoms with van der Waals surface area (Å²) in [4.78, 5) is 0. The lowest BCUT2D eigenvalue weighted by Crippen LogP contribution is -2.33. The Morgan fingerprint density at radius 2 is 2.19 bits per heavy atom. The van der Waals surface area contributed by atoms with Gasteiger partial charge in [-0.3, -0.25) is 0 Å². The van der Waals surface area contributed by atoms with Crippen molar-refractivity contribution in [3.8, 4) is 0 Å². The summed E-state index contributed by atoms with van der Waals surface area (Å²) in [6.07, 6.45) is 1.48. The van der Waals surface area contributed by atoms with E-state index in [9.17, 15) is 10.0 Å². The molecule has 0 heterocycles. The minimum atomic E-state index is -1.48. The predicted octanol–water partition coefficient (Wildman–Crippen LogP) is 0.471. The molecule has 3 nitrogen and oxygen atoms in total. The van der Waals surface area contributed by atoms with Crippen molar-refractivity contribution in [1.82, 2.24) is 0 Å². The highest BCUT2D eigenvalue weighted by Gasteiger charge is 2.32. The van der Waals surface area contributed by atoms with Gasteiger partial charge in [-0.15, -0.1) is 0 Å². The second kappa shape index (κ2) is 3.88. The Bertz CT molecular complexity index is 420. The van der Waals surface area contributed by atoms with Crippen molar-refractivity contribution in [1.29, 1.82) is 1.43 Å². The number of hydrogen-bond donors (Lipinski definition) is 3. The van der Waals surface area contributed by atoms with Gasteiger partial charge in [-0.25, -0.2) is 0 Å². The molecule has 0 saturated carbocycles. The number of hydrogen-bond acceptors (Lipinski definition) is 3. The maximum absolute atomic E-state index is 9.18. The average Bonchev–Trinajstić information content (AvgIpc) is 2.28. The first-order chi connectivity index (χ1) is 7.95. The van der Waals surface area contributed by atoms with E-state index >= 15 is 0 Å². The first-order valence-electron chi connectivity index (χ1n) is 5.99. The van der Waals surface area contributed by atoms with Crippen LogP contribution in [0.3, 0.4) is 0 Å². The van der Waals surface area contributed by atoms with E-state index in [-0.39, 0.29) is 11.5 Å². The molecule has 1 aromatic rings. The van der Waals surface area contributed by atoms with Crippen LogP contribution in [-0.2, 0) is 5.41 Å². The van der Waals surface area contributed by atoms with Crippen LogP contribution in [0.15, 0.2) is 18.2 Å². The molecular formula is C12H17BO3. The molecule has 0 bridgehead atoms. The molecule has 1 unspecified atom stereocenters. The summed E-state index contributed by atoms with van der Waals surface area (Å²) < 4.78 is 7.11. The normalized spacial score (nSPS) is 23.5. The zero-order chi connectivity index (χ0) is 12.6. The van der Waals surface area contributed by atoms with Gasteiger partial charge < -0.3 is 15.2 Å². The molecule has 0 spiro atoms. The van der Waals surface area contributed by atoms with Crippen LogP contribution in [0, 0.1) is 0 Å². The minimum Gasteiger partial charge on any atom is -0.423 e. The lowest BCUT2D eigenvalue weighted by molar-refractivity contribution is 0.139. The maximum atomic E-state index is 9.18. The summed E-state index contributed by atoms with van der Waals surface area (Å²) >= 11 is 0.